The number of nitrogens with one attached hydrogen (secondary N) is 1. The molecule has 2 aliphatic rings. The molecule has 0 saturated carbocycles. The van der Waals surface area contributed by atoms with E-state index in [2.05, 4.69) is 5.32 Å². The minimum atomic E-state index is -1.01. The number of aromatic hydroxyl groups is 1. The fourth-order valence-electron chi connectivity index (χ4n) is 3.62. The first-order chi connectivity index (χ1) is 13.7. The third-order valence-electron chi connectivity index (χ3n) is 5.22. The van der Waals surface area contributed by atoms with E-state index in [1.165, 1.54) is 21.7 Å². The first-order valence-electron chi connectivity index (χ1n) is 8.78. The van der Waals surface area contributed by atoms with E-state index in [0.29, 0.717) is 12.6 Å². The highest BCUT2D eigenvalue weighted by Crippen LogP contribution is 2.35. The number of amides is 2. The zero-order chi connectivity index (χ0) is 20.9. The van der Waals surface area contributed by atoms with Crippen molar-refractivity contribution in [3.63, 3.8) is 0 Å². The molecule has 2 aromatic rings. The zero-order valence-corrected chi connectivity index (χ0v) is 15.4. The van der Waals surface area contributed by atoms with Gasteiger partial charge in [0.1, 0.15) is 22.7 Å². The van der Waals surface area contributed by atoms with Gasteiger partial charge in [0.15, 0.2) is 11.4 Å². The van der Waals surface area contributed by atoms with Crippen LogP contribution in [0.25, 0.3) is 0 Å². The van der Waals surface area contributed by atoms with Crippen LogP contribution < -0.4 is 10.7 Å². The lowest BCUT2D eigenvalue weighted by Gasteiger charge is -2.49. The van der Waals surface area contributed by atoms with Crippen LogP contribution in [0.1, 0.15) is 26.4 Å². The SMILES string of the molecule is CN1CC2(COC2)n2cc(C(=O)NCc3ccc(F)cc3F)c(=O)c(O)c2C1=O. The van der Waals surface area contributed by atoms with Gasteiger partial charge in [-0.25, -0.2) is 8.78 Å². The number of pyridine rings is 1. The molecule has 1 saturated heterocycles. The maximum Gasteiger partial charge on any atom is 0.274 e. The van der Waals surface area contributed by atoms with E-state index in [1.807, 2.05) is 0 Å². The number of carbonyl (C=O) groups excluding carboxylic acids is 2. The molecule has 2 amide bonds. The molecule has 0 unspecified atom stereocenters. The second-order valence-electron chi connectivity index (χ2n) is 7.24. The number of halogens is 2. The lowest BCUT2D eigenvalue weighted by molar-refractivity contribution is -0.115. The van der Waals surface area contributed by atoms with Gasteiger partial charge in [-0.1, -0.05) is 6.07 Å². The summed E-state index contributed by atoms with van der Waals surface area (Å²) < 4.78 is 33.4. The highest BCUT2D eigenvalue weighted by Gasteiger charge is 2.48. The van der Waals surface area contributed by atoms with Crippen molar-refractivity contribution in [3.8, 4) is 5.75 Å². The van der Waals surface area contributed by atoms with E-state index in [9.17, 15) is 28.3 Å². The highest BCUT2D eigenvalue weighted by atomic mass is 19.1. The number of nitrogens with zero attached hydrogens (tertiary/aromatic N) is 2. The van der Waals surface area contributed by atoms with Crippen molar-refractivity contribution in [2.45, 2.75) is 12.1 Å². The Morgan fingerprint density at radius 2 is 2.03 bits per heavy atom. The van der Waals surface area contributed by atoms with Crippen molar-refractivity contribution in [3.05, 3.63) is 63.1 Å². The number of ether oxygens (including phenoxy) is 1. The molecule has 4 rings (SSSR count). The lowest BCUT2D eigenvalue weighted by atomic mass is 9.91. The van der Waals surface area contributed by atoms with Crippen molar-refractivity contribution in [2.75, 3.05) is 26.8 Å². The molecule has 1 aromatic heterocycles. The van der Waals surface area contributed by atoms with E-state index in [4.69, 9.17) is 4.74 Å². The summed E-state index contributed by atoms with van der Waals surface area (Å²) in [4.78, 5) is 38.9. The van der Waals surface area contributed by atoms with Gasteiger partial charge < -0.3 is 24.6 Å². The quantitative estimate of drug-likeness (QED) is 0.778. The Hall–Kier alpha value is -3.27. The van der Waals surface area contributed by atoms with E-state index >= 15 is 0 Å². The van der Waals surface area contributed by atoms with E-state index in [0.717, 1.165) is 6.07 Å². The van der Waals surface area contributed by atoms with Crippen LogP contribution in [0.15, 0.2) is 29.2 Å². The van der Waals surface area contributed by atoms with Gasteiger partial charge in [-0.3, -0.25) is 14.4 Å². The predicted molar refractivity (Wildman–Crippen MR) is 95.6 cm³/mol. The Morgan fingerprint density at radius 1 is 1.31 bits per heavy atom. The second kappa shape index (κ2) is 6.66. The first-order valence-corrected chi connectivity index (χ1v) is 8.78. The largest absolute Gasteiger partial charge is 0.503 e. The Bertz CT molecular complexity index is 1090. The van der Waals surface area contributed by atoms with Crippen LogP contribution in [-0.4, -0.2) is 53.2 Å². The van der Waals surface area contributed by atoms with Gasteiger partial charge in [-0.2, -0.15) is 0 Å². The van der Waals surface area contributed by atoms with Crippen LogP contribution in [0.4, 0.5) is 8.78 Å². The van der Waals surface area contributed by atoms with Gasteiger partial charge in [0.25, 0.3) is 11.8 Å². The van der Waals surface area contributed by atoms with Crippen LogP contribution in [0.3, 0.4) is 0 Å². The van der Waals surface area contributed by atoms with E-state index in [1.54, 1.807) is 7.05 Å². The first kappa shape index (κ1) is 19.1. The van der Waals surface area contributed by atoms with Crippen molar-refractivity contribution in [1.82, 2.24) is 14.8 Å². The second-order valence-corrected chi connectivity index (χ2v) is 7.24. The Balaban J connectivity index is 1.69. The third kappa shape index (κ3) is 2.96. The third-order valence-corrected chi connectivity index (χ3v) is 5.22. The van der Waals surface area contributed by atoms with Crippen LogP contribution >= 0.6 is 0 Å². The lowest BCUT2D eigenvalue weighted by Crippen LogP contribution is -2.63. The predicted octanol–water partition coefficient (Wildman–Crippen LogP) is 0.573. The van der Waals surface area contributed by atoms with Crippen molar-refractivity contribution >= 4 is 11.8 Å². The Morgan fingerprint density at radius 3 is 2.66 bits per heavy atom. The molecule has 152 valence electrons. The minimum Gasteiger partial charge on any atom is -0.503 e. The van der Waals surface area contributed by atoms with Crippen molar-refractivity contribution < 1.29 is 28.2 Å². The molecule has 8 nitrogen and oxygen atoms in total. The van der Waals surface area contributed by atoms with Crippen LogP contribution in [0.5, 0.6) is 5.75 Å². The fraction of sp³-hybridized carbons (Fsp3) is 0.316. The average Bonchev–Trinajstić information content (AvgIpc) is 2.64. The topological polar surface area (TPSA) is 101 Å². The minimum absolute atomic E-state index is 0.0303. The van der Waals surface area contributed by atoms with Gasteiger partial charge in [0.05, 0.1) is 13.2 Å². The number of likely N-dealkylation sites (N-methyl/N-ethyl adjacent to an activating group) is 1. The number of carbonyl (C=O) groups is 2. The summed E-state index contributed by atoms with van der Waals surface area (Å²) >= 11 is 0. The summed E-state index contributed by atoms with van der Waals surface area (Å²) in [6.07, 6.45) is 1.22. The summed E-state index contributed by atoms with van der Waals surface area (Å²) in [5.41, 5.74) is -2.25. The van der Waals surface area contributed by atoms with Crippen LogP contribution in [-0.2, 0) is 16.8 Å². The average molecular weight is 405 g/mol. The molecular weight excluding hydrogens is 388 g/mol. The number of rotatable bonds is 3. The zero-order valence-electron chi connectivity index (χ0n) is 15.4. The summed E-state index contributed by atoms with van der Waals surface area (Å²) in [5, 5.41) is 12.8. The summed E-state index contributed by atoms with van der Waals surface area (Å²) in [7, 11) is 1.55. The van der Waals surface area contributed by atoms with Gasteiger partial charge in [-0.05, 0) is 6.07 Å². The summed E-state index contributed by atoms with van der Waals surface area (Å²) in [6, 6.07) is 2.91. The Labute approximate surface area is 163 Å². The maximum absolute atomic E-state index is 13.8. The monoisotopic (exact) mass is 405 g/mol. The number of hydrogen-bond donors (Lipinski definition) is 2. The molecule has 0 radical (unpaired) electrons. The summed E-state index contributed by atoms with van der Waals surface area (Å²) in [6.45, 7) is 0.509. The number of aromatic nitrogens is 1. The molecule has 2 aliphatic heterocycles. The van der Waals surface area contributed by atoms with Crippen LogP contribution in [0, 0.1) is 11.6 Å². The standard InChI is InChI=1S/C19H17F2N3O5/c1-23-7-19(8-29-9-19)24-6-12(15(25)16(26)14(24)18(23)28)17(27)22-5-10-2-3-11(20)4-13(10)21/h2-4,6,26H,5,7-9H2,1H3,(H,22,27). The van der Waals surface area contributed by atoms with Gasteiger partial charge >= 0.3 is 0 Å². The van der Waals surface area contributed by atoms with Crippen LogP contribution in [0.2, 0.25) is 0 Å². The molecule has 1 aromatic carbocycles. The number of fused-ring (bicyclic) bond motifs is 2. The molecule has 1 fully saturated rings. The smallest absolute Gasteiger partial charge is 0.274 e. The molecule has 10 heteroatoms. The molecular formula is C19H17F2N3O5. The van der Waals surface area contributed by atoms with Gasteiger partial charge in [0.2, 0.25) is 5.43 Å². The number of hydrogen-bond acceptors (Lipinski definition) is 5. The van der Waals surface area contributed by atoms with E-state index in [-0.39, 0.29) is 31.0 Å². The molecule has 1 spiro atoms. The highest BCUT2D eigenvalue weighted by molar-refractivity contribution is 5.99. The molecule has 0 aliphatic carbocycles. The fourth-order valence-corrected chi connectivity index (χ4v) is 3.62. The number of benzene rings is 1. The van der Waals surface area contributed by atoms with Gasteiger partial charge in [0, 0.05) is 38.0 Å². The molecule has 3 heterocycles. The Kier molecular flexibility index (Phi) is 4.38. The van der Waals surface area contributed by atoms with Gasteiger partial charge in [-0.15, -0.1) is 0 Å². The maximum atomic E-state index is 13.8. The molecule has 0 bridgehead atoms. The molecule has 29 heavy (non-hydrogen) atoms. The normalized spacial score (nSPS) is 17.1. The van der Waals surface area contributed by atoms with E-state index < -0.39 is 45.7 Å². The summed E-state index contributed by atoms with van der Waals surface area (Å²) in [5.74, 6) is -3.82. The van der Waals surface area contributed by atoms with Crippen molar-refractivity contribution in [2.24, 2.45) is 0 Å². The van der Waals surface area contributed by atoms with Crippen molar-refractivity contribution in [1.29, 1.82) is 0 Å². The molecule has 0 atom stereocenters. The molecule has 2 N–H and O–H groups in total.